The van der Waals surface area contributed by atoms with Crippen molar-refractivity contribution < 1.29 is 0 Å². The molecule has 0 bridgehead atoms. The molecule has 0 amide bonds. The van der Waals surface area contributed by atoms with Gasteiger partial charge in [-0.05, 0) is 30.2 Å². The van der Waals surface area contributed by atoms with Crippen LogP contribution < -0.4 is 3.53 Å². The van der Waals surface area contributed by atoms with Crippen LogP contribution in [0.25, 0.3) is 0 Å². The van der Waals surface area contributed by atoms with E-state index < -0.39 is 0 Å². The smallest absolute Gasteiger partial charge is 0.0169 e. The van der Waals surface area contributed by atoms with E-state index in [1.54, 1.807) is 0 Å². The zero-order chi connectivity index (χ0) is 11.9. The van der Waals surface area contributed by atoms with Gasteiger partial charge in [-0.2, -0.15) is 0 Å². The summed E-state index contributed by atoms with van der Waals surface area (Å²) in [5, 5.41) is 0. The second-order valence-corrected chi connectivity index (χ2v) is 5.53. The molecule has 1 nitrogen and oxygen atoms in total. The van der Waals surface area contributed by atoms with Crippen molar-refractivity contribution in [3.8, 4) is 0 Å². The molecule has 88 valence electrons. The highest BCUT2D eigenvalue weighted by atomic mass is 127. The predicted octanol–water partition coefficient (Wildman–Crippen LogP) is 4.32. The lowest BCUT2D eigenvalue weighted by atomic mass is 10.1. The van der Waals surface area contributed by atoms with Gasteiger partial charge in [-0.25, -0.2) is 0 Å². The van der Waals surface area contributed by atoms with Crippen LogP contribution in [-0.4, -0.2) is 6.54 Å². The Labute approximate surface area is 121 Å². The summed E-state index contributed by atoms with van der Waals surface area (Å²) in [7, 11) is 0. The van der Waals surface area contributed by atoms with Crippen molar-refractivity contribution in [2.24, 2.45) is 0 Å². The summed E-state index contributed by atoms with van der Waals surface area (Å²) in [5.41, 5.74) is 1.41. The Kier molecular flexibility index (Phi) is 5.35. The van der Waals surface area contributed by atoms with Gasteiger partial charge in [-0.3, -0.25) is 3.53 Å². The van der Waals surface area contributed by atoms with Crippen molar-refractivity contribution in [1.82, 2.24) is 3.53 Å². The maximum absolute atomic E-state index is 3.17. The molecule has 0 fully saturated rings. The first-order valence-electron chi connectivity index (χ1n) is 5.54. The van der Waals surface area contributed by atoms with Gasteiger partial charge in [0.1, 0.15) is 0 Å². The third-order valence-electron chi connectivity index (χ3n) is 2.43. The normalized spacial score (nSPS) is 10.4. The van der Waals surface area contributed by atoms with Gasteiger partial charge in [0.15, 0.2) is 0 Å². The summed E-state index contributed by atoms with van der Waals surface area (Å²) >= 11 is 4.03. The van der Waals surface area contributed by atoms with Crippen LogP contribution in [0, 0.1) is 0 Å². The molecule has 0 atom stereocenters. The minimum absolute atomic E-state index is 1.01. The molecule has 0 unspecified atom stereocenters. The molecule has 0 aliphatic carbocycles. The number of nitrogens with one attached hydrogen (secondary N) is 1. The molecule has 0 spiro atoms. The van der Waals surface area contributed by atoms with E-state index in [1.165, 1.54) is 15.4 Å². The Hall–Kier alpha value is -0.520. The molecule has 2 rings (SSSR count). The first kappa shape index (κ1) is 12.9. The van der Waals surface area contributed by atoms with Crippen LogP contribution in [0.3, 0.4) is 0 Å². The number of hydrogen-bond acceptors (Lipinski definition) is 2. The van der Waals surface area contributed by atoms with Crippen molar-refractivity contribution in [3.63, 3.8) is 0 Å². The summed E-state index contributed by atoms with van der Waals surface area (Å²) in [4.78, 5) is 2.65. The summed E-state index contributed by atoms with van der Waals surface area (Å²) in [6.07, 6.45) is 1.07. The highest BCUT2D eigenvalue weighted by molar-refractivity contribution is 14.1. The second kappa shape index (κ2) is 7.03. The van der Waals surface area contributed by atoms with E-state index in [-0.39, 0.29) is 0 Å². The van der Waals surface area contributed by atoms with Gasteiger partial charge in [-0.1, -0.05) is 48.2 Å². The average molecular weight is 355 g/mol. The minimum Gasteiger partial charge on any atom is -0.261 e. The van der Waals surface area contributed by atoms with E-state index in [2.05, 4.69) is 81.0 Å². The van der Waals surface area contributed by atoms with E-state index in [9.17, 15) is 0 Å². The molecule has 3 heteroatoms. The fraction of sp³-hybridized carbons (Fsp3) is 0.143. The molecule has 1 N–H and O–H groups in total. The largest absolute Gasteiger partial charge is 0.261 e. The van der Waals surface area contributed by atoms with Gasteiger partial charge in [0.05, 0.1) is 0 Å². The first-order valence-corrected chi connectivity index (χ1v) is 7.44. The number of halogens is 1. The predicted molar refractivity (Wildman–Crippen MR) is 82.7 cm³/mol. The fourth-order valence-corrected chi connectivity index (χ4v) is 2.87. The quantitative estimate of drug-likeness (QED) is 0.633. The molecule has 0 aliphatic rings. The third kappa shape index (κ3) is 4.01. The van der Waals surface area contributed by atoms with E-state index in [0.717, 1.165) is 13.0 Å². The summed E-state index contributed by atoms with van der Waals surface area (Å²) in [5.74, 6) is 0. The van der Waals surface area contributed by atoms with Crippen molar-refractivity contribution in [3.05, 3.63) is 60.2 Å². The van der Waals surface area contributed by atoms with Gasteiger partial charge >= 0.3 is 0 Å². The van der Waals surface area contributed by atoms with E-state index >= 15 is 0 Å². The zero-order valence-corrected chi connectivity index (χ0v) is 12.4. The topological polar surface area (TPSA) is 12.0 Å². The van der Waals surface area contributed by atoms with Crippen LogP contribution in [0.5, 0.6) is 0 Å². The van der Waals surface area contributed by atoms with Crippen LogP contribution in [0.2, 0.25) is 0 Å². The zero-order valence-electron chi connectivity index (χ0n) is 9.40. The van der Waals surface area contributed by atoms with E-state index in [0.29, 0.717) is 0 Å². The van der Waals surface area contributed by atoms with E-state index in [1.807, 2.05) is 11.8 Å². The number of hydrogen-bond donors (Lipinski definition) is 1. The molecule has 0 saturated carbocycles. The van der Waals surface area contributed by atoms with Crippen LogP contribution in [0.1, 0.15) is 5.56 Å². The lowest BCUT2D eigenvalue weighted by Gasteiger charge is -2.08. The summed E-state index contributed by atoms with van der Waals surface area (Å²) < 4.78 is 3.17. The Morgan fingerprint density at radius 1 is 0.941 bits per heavy atom. The standard InChI is InChI=1S/C14H14INS/c15-16-11-10-12-6-4-5-9-14(12)17-13-7-2-1-3-8-13/h1-9,16H,10-11H2. The van der Waals surface area contributed by atoms with Crippen molar-refractivity contribution in [1.29, 1.82) is 0 Å². The highest BCUT2D eigenvalue weighted by Gasteiger charge is 2.03. The second-order valence-electron chi connectivity index (χ2n) is 3.66. The van der Waals surface area contributed by atoms with Crippen LogP contribution in [0.15, 0.2) is 64.4 Å². The highest BCUT2D eigenvalue weighted by Crippen LogP contribution is 2.30. The van der Waals surface area contributed by atoms with Gasteiger partial charge in [-0.15, -0.1) is 0 Å². The van der Waals surface area contributed by atoms with Gasteiger partial charge in [0.25, 0.3) is 0 Å². The van der Waals surface area contributed by atoms with E-state index in [4.69, 9.17) is 0 Å². The van der Waals surface area contributed by atoms with Crippen molar-refractivity contribution >= 4 is 34.6 Å². The maximum Gasteiger partial charge on any atom is 0.0169 e. The molecule has 0 aromatic heterocycles. The monoisotopic (exact) mass is 355 g/mol. The molecular weight excluding hydrogens is 341 g/mol. The number of benzene rings is 2. The number of rotatable bonds is 5. The van der Waals surface area contributed by atoms with Crippen LogP contribution >= 0.6 is 34.6 Å². The minimum atomic E-state index is 1.01. The fourth-order valence-electron chi connectivity index (χ4n) is 1.61. The van der Waals surface area contributed by atoms with Crippen molar-refractivity contribution in [2.75, 3.05) is 6.54 Å². The van der Waals surface area contributed by atoms with Gasteiger partial charge in [0.2, 0.25) is 0 Å². The lowest BCUT2D eigenvalue weighted by Crippen LogP contribution is -2.04. The Bertz CT molecular complexity index is 459. The summed E-state index contributed by atoms with van der Waals surface area (Å²) in [6, 6.07) is 19.1. The summed E-state index contributed by atoms with van der Waals surface area (Å²) in [6.45, 7) is 1.01. The Morgan fingerprint density at radius 2 is 1.65 bits per heavy atom. The Morgan fingerprint density at radius 3 is 2.41 bits per heavy atom. The average Bonchev–Trinajstić information content (AvgIpc) is 2.39. The Balaban J connectivity index is 2.15. The molecular formula is C14H14INS. The van der Waals surface area contributed by atoms with Gasteiger partial charge in [0, 0.05) is 39.2 Å². The molecule has 0 aliphatic heterocycles. The SMILES string of the molecule is INCCc1ccccc1Sc1ccccc1. The molecule has 2 aromatic carbocycles. The van der Waals surface area contributed by atoms with Gasteiger partial charge < -0.3 is 0 Å². The molecule has 2 aromatic rings. The molecule has 0 radical (unpaired) electrons. The maximum atomic E-state index is 3.17. The molecule has 17 heavy (non-hydrogen) atoms. The lowest BCUT2D eigenvalue weighted by molar-refractivity contribution is 0.912. The third-order valence-corrected chi connectivity index (χ3v) is 4.10. The van der Waals surface area contributed by atoms with Crippen LogP contribution in [0.4, 0.5) is 0 Å². The van der Waals surface area contributed by atoms with Crippen molar-refractivity contribution in [2.45, 2.75) is 16.2 Å². The molecule has 0 heterocycles. The first-order chi connectivity index (χ1) is 8.40. The van der Waals surface area contributed by atoms with Crippen LogP contribution in [-0.2, 0) is 6.42 Å². The molecule has 0 saturated heterocycles.